The third kappa shape index (κ3) is 21.3. The molecule has 8 N–H and O–H groups in total. The van der Waals surface area contributed by atoms with Gasteiger partial charge in [0.2, 0.25) is 35.4 Å². The number of aromatic nitrogens is 1. The number of urea groups is 1. The first-order valence-electron chi connectivity index (χ1n) is 33.5. The van der Waals surface area contributed by atoms with Crippen molar-refractivity contribution in [2.24, 2.45) is 35.3 Å². The normalized spacial score (nSPS) is 19.5. The molecule has 0 spiro atoms. The number of anilines is 1. The van der Waals surface area contributed by atoms with Gasteiger partial charge in [-0.25, -0.2) is 19.4 Å². The molecule has 26 heteroatoms. The van der Waals surface area contributed by atoms with Crippen molar-refractivity contribution >= 4 is 70.7 Å². The van der Waals surface area contributed by atoms with Crippen molar-refractivity contribution in [3.8, 4) is 12.3 Å². The van der Waals surface area contributed by atoms with Crippen molar-refractivity contribution in [3.63, 3.8) is 0 Å². The highest BCUT2D eigenvalue weighted by Crippen LogP contribution is 2.43. The Morgan fingerprint density at radius 1 is 0.854 bits per heavy atom. The molecular formula is C70H103N11O14S. The molecule has 0 unspecified atom stereocenters. The van der Waals surface area contributed by atoms with Crippen molar-refractivity contribution in [2.75, 3.05) is 46.3 Å². The number of hydrogen-bond acceptors (Lipinski definition) is 16. The number of rotatable bonds is 34. The van der Waals surface area contributed by atoms with Gasteiger partial charge in [-0.2, -0.15) is 0 Å². The Labute approximate surface area is 569 Å². The smallest absolute Gasteiger partial charge is 0.411 e. The number of likely N-dealkylation sites (tertiary alicyclic amines) is 2. The summed E-state index contributed by atoms with van der Waals surface area (Å²) in [6, 6.07) is 8.10. The quantitative estimate of drug-likeness (QED) is 0.0227. The summed E-state index contributed by atoms with van der Waals surface area (Å²) < 4.78 is 29.4. The number of ether oxygens (including phenoxy) is 5. The number of benzene rings is 2. The summed E-state index contributed by atoms with van der Waals surface area (Å²) in [5, 5.41) is 19.6. The number of carbonyl (C=O) groups excluding carboxylic acids is 9. The molecule has 1 aliphatic carbocycles. The molecule has 2 aliphatic heterocycles. The molecule has 6 rings (SSSR count). The van der Waals surface area contributed by atoms with Gasteiger partial charge in [0.15, 0.2) is 0 Å². The molecule has 3 aliphatic rings. The van der Waals surface area contributed by atoms with Crippen LogP contribution in [-0.4, -0.2) is 174 Å². The molecule has 3 heterocycles. The summed E-state index contributed by atoms with van der Waals surface area (Å²) in [4.78, 5) is 135. The Balaban J connectivity index is 1.13. The van der Waals surface area contributed by atoms with Crippen LogP contribution in [0.3, 0.4) is 0 Å². The number of piperidine rings is 1. The van der Waals surface area contributed by atoms with Crippen LogP contribution in [0.2, 0.25) is 0 Å². The lowest BCUT2D eigenvalue weighted by molar-refractivity contribution is -0.148. The van der Waals surface area contributed by atoms with E-state index in [4.69, 9.17) is 35.8 Å². The van der Waals surface area contributed by atoms with Crippen LogP contribution in [0.5, 0.6) is 0 Å². The second kappa shape index (κ2) is 36.5. The molecule has 2 aromatic carbocycles. The summed E-state index contributed by atoms with van der Waals surface area (Å²) in [5.41, 5.74) is 6.79. The number of thiazole rings is 1. The molecule has 96 heavy (non-hydrogen) atoms. The zero-order valence-electron chi connectivity index (χ0n) is 58.1. The molecule has 13 atom stereocenters. The molecular weight excluding hydrogens is 1250 g/mol. The predicted octanol–water partition coefficient (Wildman–Crippen LogP) is 7.36. The summed E-state index contributed by atoms with van der Waals surface area (Å²) in [7, 11) is 4.76. The fourth-order valence-electron chi connectivity index (χ4n) is 13.3. The van der Waals surface area contributed by atoms with Crippen LogP contribution in [0, 0.1) is 41.9 Å². The van der Waals surface area contributed by atoms with Crippen LogP contribution >= 0.6 is 11.3 Å². The Bertz CT molecular complexity index is 3140. The van der Waals surface area contributed by atoms with Crippen molar-refractivity contribution in [1.29, 1.82) is 0 Å². The van der Waals surface area contributed by atoms with Crippen LogP contribution in [-0.2, 0) is 72.1 Å². The van der Waals surface area contributed by atoms with Gasteiger partial charge in [0.1, 0.15) is 48.0 Å². The maximum absolute atomic E-state index is 15.0. The zero-order valence-corrected chi connectivity index (χ0v) is 58.9. The molecule has 2 bridgehead atoms. The SMILES string of the molecule is C#CCOCc1cc(NC(=O)[C@H](CCCNC(N)=O)NC(=O)[C@@H](NC(=O)OC(C)(C)C)C(C)C)ccc1COC(=O)N1[C@@H]2CC[C@@H](C2)[C@H]1C(=O)N[C@H](C(=O)N(C)[C@@H]([C@@H](C)CC)[C@@H](CC(=O)N1CCC[C@H]1[C@H](OC)[C@@H](C)C(=O)N[C@@H](Cc1ccccc1)c1nccs1)OC)C(C)C. The number of fused-ring (bicyclic) bond motifs is 2. The topological polar surface area (TPSA) is 321 Å². The number of primary amides is 1. The van der Waals surface area contributed by atoms with Crippen LogP contribution in [0.25, 0.3) is 0 Å². The first-order valence-corrected chi connectivity index (χ1v) is 34.4. The van der Waals surface area contributed by atoms with E-state index in [-0.39, 0.29) is 87.3 Å². The van der Waals surface area contributed by atoms with E-state index in [2.05, 4.69) is 42.8 Å². The number of nitrogens with two attached hydrogens (primary N) is 1. The minimum absolute atomic E-state index is 0.0509. The Morgan fingerprint density at radius 2 is 1.57 bits per heavy atom. The molecule has 528 valence electrons. The number of nitrogens with zero attached hydrogens (tertiary/aromatic N) is 4. The number of methoxy groups -OCH3 is 2. The van der Waals surface area contributed by atoms with Gasteiger partial charge >= 0.3 is 18.2 Å². The second-order valence-electron chi connectivity index (χ2n) is 27.1. The highest BCUT2D eigenvalue weighted by molar-refractivity contribution is 7.09. The van der Waals surface area contributed by atoms with Gasteiger partial charge in [0.05, 0.1) is 49.3 Å². The minimum Gasteiger partial charge on any atom is -0.445 e. The summed E-state index contributed by atoms with van der Waals surface area (Å²) in [5.74, 6) is -1.94. The molecule has 1 aromatic heterocycles. The Hall–Kier alpha value is -7.86. The van der Waals surface area contributed by atoms with E-state index < -0.39 is 108 Å². The lowest BCUT2D eigenvalue weighted by Gasteiger charge is -2.41. The number of amides is 10. The zero-order chi connectivity index (χ0) is 70.6. The predicted molar refractivity (Wildman–Crippen MR) is 363 cm³/mol. The number of hydrogen-bond donors (Lipinski definition) is 7. The molecule has 0 radical (unpaired) electrons. The van der Waals surface area contributed by atoms with Crippen LogP contribution in [0.1, 0.15) is 155 Å². The summed E-state index contributed by atoms with van der Waals surface area (Å²) in [6.45, 7) is 18.2. The number of nitrogens with one attached hydrogen (secondary N) is 6. The average Bonchev–Trinajstić information content (AvgIpc) is 1.61. The highest BCUT2D eigenvalue weighted by atomic mass is 32.1. The second-order valence-corrected chi connectivity index (χ2v) is 28.0. The molecule has 3 aromatic rings. The maximum atomic E-state index is 15.0. The van der Waals surface area contributed by atoms with Crippen molar-refractivity contribution in [1.82, 2.24) is 46.3 Å². The van der Waals surface area contributed by atoms with E-state index in [1.165, 1.54) is 23.3 Å². The van der Waals surface area contributed by atoms with Crippen molar-refractivity contribution < 1.29 is 66.8 Å². The largest absolute Gasteiger partial charge is 0.445 e. The molecule has 10 amide bonds. The summed E-state index contributed by atoms with van der Waals surface area (Å²) >= 11 is 1.47. The van der Waals surface area contributed by atoms with Gasteiger partial charge in [-0.05, 0) is 125 Å². The third-order valence-electron chi connectivity index (χ3n) is 18.4. The lowest BCUT2D eigenvalue weighted by atomic mass is 9.89. The lowest BCUT2D eigenvalue weighted by Crippen LogP contribution is -2.60. The molecule has 2 saturated heterocycles. The first-order chi connectivity index (χ1) is 45.6. The van der Waals surface area contributed by atoms with E-state index in [1.54, 1.807) is 83.0 Å². The molecule has 3 fully saturated rings. The minimum atomic E-state index is -1.15. The van der Waals surface area contributed by atoms with Gasteiger partial charge in [0, 0.05) is 57.7 Å². The monoisotopic (exact) mass is 1350 g/mol. The van der Waals surface area contributed by atoms with E-state index in [0.717, 1.165) is 10.6 Å². The first kappa shape index (κ1) is 77.1. The maximum Gasteiger partial charge on any atom is 0.411 e. The van der Waals surface area contributed by atoms with Gasteiger partial charge in [0.25, 0.3) is 0 Å². The van der Waals surface area contributed by atoms with Crippen molar-refractivity contribution in [3.05, 3.63) is 81.8 Å². The van der Waals surface area contributed by atoms with Gasteiger partial charge in [-0.1, -0.05) is 97.2 Å². The van der Waals surface area contributed by atoms with Crippen LogP contribution in [0.15, 0.2) is 60.1 Å². The van der Waals surface area contributed by atoms with E-state index in [1.807, 2.05) is 70.3 Å². The fraction of sp³-hybridized carbons (Fsp3) is 0.629. The van der Waals surface area contributed by atoms with Crippen LogP contribution in [0.4, 0.5) is 20.1 Å². The number of alkyl carbamates (subject to hydrolysis) is 1. The van der Waals surface area contributed by atoms with E-state index in [0.29, 0.717) is 68.3 Å². The molecule has 25 nitrogen and oxygen atoms in total. The van der Waals surface area contributed by atoms with Crippen LogP contribution < -0.4 is 37.6 Å². The fourth-order valence-corrected chi connectivity index (χ4v) is 14.0. The average molecular weight is 1350 g/mol. The highest BCUT2D eigenvalue weighted by Gasteiger charge is 2.53. The standard InChI is InChI=1S/C70H103N11O14S/c1-15-33-93-39-48-36-49(74-62(84)51(24-20-30-73-67(71)88)75-63(85)56(41(3)4)78-68(89)95-70(9,10)11)28-26-47(48)40-94-69(90)81-50-29-27-46(37-50)59(81)64(86)77-57(42(5)6)66(87)79(12)58(43(7)16-2)54(91-13)38-55(82)80-32-21-25-53(80)60(92-14)44(8)61(83)76-52(65-72-31-34-96-65)35-45-22-18-17-19-23-45/h1,17-19,22-23,26,28,31,34,36,41-44,46,50-54,56-60H,16,20-21,24-25,27,29-30,32-33,35,37-40H2,2-14H3,(H,74,84)(H,75,85)(H,76,83)(H,77,86)(H,78,89)(H3,71,73,88)/t43-,44+,46-,50+,51-,52-,53-,54+,56-,57-,58-,59-,60+/m0/s1. The third-order valence-corrected chi connectivity index (χ3v) is 19.3. The Kier molecular flexibility index (Phi) is 29.3. The van der Waals surface area contributed by atoms with E-state index in [9.17, 15) is 38.4 Å². The van der Waals surface area contributed by atoms with Gasteiger partial charge in [-0.15, -0.1) is 17.8 Å². The van der Waals surface area contributed by atoms with E-state index >= 15 is 4.79 Å². The number of terminal acetylenes is 1. The Morgan fingerprint density at radius 3 is 2.20 bits per heavy atom. The summed E-state index contributed by atoms with van der Waals surface area (Å²) in [6.07, 6.45) is 8.95. The molecule has 1 saturated carbocycles. The number of likely N-dealkylation sites (N-methyl/N-ethyl adjacent to an activating group) is 1. The van der Waals surface area contributed by atoms with Crippen molar-refractivity contribution in [2.45, 2.75) is 213 Å². The number of carbonyl (C=O) groups is 9. The van der Waals surface area contributed by atoms with Gasteiger partial charge in [-0.3, -0.25) is 33.7 Å². The van der Waals surface area contributed by atoms with Gasteiger partial charge < -0.3 is 71.1 Å².